The molecule has 0 aliphatic carbocycles. The van der Waals surface area contributed by atoms with Gasteiger partial charge in [0.25, 0.3) is 10.0 Å². The number of nitrogens with one attached hydrogen (secondary N) is 1. The number of sulfonamides is 1. The molecule has 0 aliphatic heterocycles. The molecule has 0 unspecified atom stereocenters. The van der Waals surface area contributed by atoms with Crippen LogP contribution in [0.1, 0.15) is 43.4 Å². The minimum absolute atomic E-state index is 0.0745. The van der Waals surface area contributed by atoms with Crippen LogP contribution in [-0.4, -0.2) is 44.3 Å². The molecule has 2 amide bonds. The van der Waals surface area contributed by atoms with Crippen LogP contribution in [0.15, 0.2) is 77.7 Å². The van der Waals surface area contributed by atoms with Crippen molar-refractivity contribution in [3.05, 3.63) is 94.5 Å². The fourth-order valence-electron chi connectivity index (χ4n) is 4.17. The van der Waals surface area contributed by atoms with Gasteiger partial charge in [0, 0.05) is 18.1 Å². The number of benzene rings is 3. The SMILES string of the molecule is CCCCNC(=O)[C@H](C)N(Cc1cccc(Cl)c1)C(=O)CN(c1cc(C)ccc1C)S(=O)(=O)c1ccccc1. The second-order valence-electron chi connectivity index (χ2n) is 9.59. The van der Waals surface area contributed by atoms with Crippen LogP contribution in [0, 0.1) is 13.8 Å². The van der Waals surface area contributed by atoms with E-state index in [1.807, 2.05) is 32.0 Å². The highest BCUT2D eigenvalue weighted by atomic mass is 35.5. The number of aryl methyl sites for hydroxylation is 2. The molecule has 1 atom stereocenters. The molecule has 0 saturated carbocycles. The van der Waals surface area contributed by atoms with Crippen LogP contribution >= 0.6 is 11.6 Å². The monoisotopic (exact) mass is 569 g/mol. The number of unbranched alkanes of at least 4 members (excludes halogenated alkanes) is 1. The maximum Gasteiger partial charge on any atom is 0.264 e. The molecule has 3 aromatic carbocycles. The van der Waals surface area contributed by atoms with Crippen molar-refractivity contribution in [3.63, 3.8) is 0 Å². The summed E-state index contributed by atoms with van der Waals surface area (Å²) in [6, 6.07) is 19.7. The largest absolute Gasteiger partial charge is 0.354 e. The Morgan fingerprint density at radius 2 is 1.69 bits per heavy atom. The van der Waals surface area contributed by atoms with Gasteiger partial charge in [0.05, 0.1) is 10.6 Å². The molecule has 0 saturated heterocycles. The van der Waals surface area contributed by atoms with Gasteiger partial charge in [-0.3, -0.25) is 13.9 Å². The number of halogens is 1. The molecule has 208 valence electrons. The normalized spacial score (nSPS) is 12.0. The smallest absolute Gasteiger partial charge is 0.264 e. The lowest BCUT2D eigenvalue weighted by Crippen LogP contribution is -2.51. The number of rotatable bonds is 12. The number of hydrogen-bond donors (Lipinski definition) is 1. The molecule has 3 rings (SSSR count). The zero-order valence-electron chi connectivity index (χ0n) is 22.9. The van der Waals surface area contributed by atoms with Crippen molar-refractivity contribution in [3.8, 4) is 0 Å². The van der Waals surface area contributed by atoms with Gasteiger partial charge in [-0.25, -0.2) is 8.42 Å². The average molecular weight is 570 g/mol. The van der Waals surface area contributed by atoms with Crippen LogP contribution in [0.5, 0.6) is 0 Å². The van der Waals surface area contributed by atoms with E-state index in [-0.39, 0.29) is 17.3 Å². The first-order valence-corrected chi connectivity index (χ1v) is 14.8. The second kappa shape index (κ2) is 13.6. The number of anilines is 1. The van der Waals surface area contributed by atoms with Crippen molar-refractivity contribution in [2.45, 2.75) is 58.0 Å². The predicted octanol–water partition coefficient (Wildman–Crippen LogP) is 5.49. The highest BCUT2D eigenvalue weighted by Crippen LogP contribution is 2.28. The van der Waals surface area contributed by atoms with E-state index < -0.39 is 28.5 Å². The summed E-state index contributed by atoms with van der Waals surface area (Å²) in [6.07, 6.45) is 1.73. The third-order valence-corrected chi connectivity index (χ3v) is 8.49. The van der Waals surface area contributed by atoms with E-state index in [0.717, 1.165) is 28.3 Å². The Labute approximate surface area is 236 Å². The third-order valence-electron chi connectivity index (χ3n) is 6.48. The number of nitrogens with zero attached hydrogens (tertiary/aromatic N) is 2. The lowest BCUT2D eigenvalue weighted by molar-refractivity contribution is -0.139. The summed E-state index contributed by atoms with van der Waals surface area (Å²) in [4.78, 5) is 28.5. The van der Waals surface area contributed by atoms with Crippen LogP contribution in [0.2, 0.25) is 5.02 Å². The zero-order chi connectivity index (χ0) is 28.6. The topological polar surface area (TPSA) is 86.8 Å². The van der Waals surface area contributed by atoms with Gasteiger partial charge < -0.3 is 10.2 Å². The van der Waals surface area contributed by atoms with Crippen molar-refractivity contribution in [2.75, 3.05) is 17.4 Å². The molecule has 39 heavy (non-hydrogen) atoms. The van der Waals surface area contributed by atoms with Crippen molar-refractivity contribution in [1.82, 2.24) is 10.2 Å². The summed E-state index contributed by atoms with van der Waals surface area (Å²) >= 11 is 6.19. The van der Waals surface area contributed by atoms with E-state index in [2.05, 4.69) is 5.32 Å². The van der Waals surface area contributed by atoms with Crippen LogP contribution in [0.4, 0.5) is 5.69 Å². The van der Waals surface area contributed by atoms with Crippen molar-refractivity contribution < 1.29 is 18.0 Å². The summed E-state index contributed by atoms with van der Waals surface area (Å²) in [5.74, 6) is -0.809. The second-order valence-corrected chi connectivity index (χ2v) is 11.9. The summed E-state index contributed by atoms with van der Waals surface area (Å²) < 4.78 is 28.9. The fourth-order valence-corrected chi connectivity index (χ4v) is 5.88. The lowest BCUT2D eigenvalue weighted by atomic mass is 10.1. The number of hydrogen-bond acceptors (Lipinski definition) is 4. The maximum absolute atomic E-state index is 14.0. The van der Waals surface area contributed by atoms with Crippen molar-refractivity contribution in [1.29, 1.82) is 0 Å². The van der Waals surface area contributed by atoms with E-state index >= 15 is 0 Å². The molecular weight excluding hydrogens is 534 g/mol. The van der Waals surface area contributed by atoms with E-state index in [1.165, 1.54) is 17.0 Å². The van der Waals surface area contributed by atoms with E-state index in [4.69, 9.17) is 11.6 Å². The molecule has 9 heteroatoms. The minimum atomic E-state index is -4.10. The Hall–Kier alpha value is -3.36. The van der Waals surface area contributed by atoms with Gasteiger partial charge in [-0.1, -0.05) is 67.4 Å². The Bertz CT molecular complexity index is 1400. The summed E-state index contributed by atoms with van der Waals surface area (Å²) in [7, 11) is -4.10. The number of amides is 2. The molecular formula is C30H36ClN3O4S. The van der Waals surface area contributed by atoms with Crippen LogP contribution < -0.4 is 9.62 Å². The average Bonchev–Trinajstić information content (AvgIpc) is 2.92. The highest BCUT2D eigenvalue weighted by molar-refractivity contribution is 7.92. The van der Waals surface area contributed by atoms with Gasteiger partial charge in [0.15, 0.2) is 0 Å². The minimum Gasteiger partial charge on any atom is -0.354 e. The molecule has 0 bridgehead atoms. The van der Waals surface area contributed by atoms with E-state index in [0.29, 0.717) is 22.8 Å². The Morgan fingerprint density at radius 3 is 2.36 bits per heavy atom. The molecule has 1 N–H and O–H groups in total. The van der Waals surface area contributed by atoms with Crippen LogP contribution in [-0.2, 0) is 26.2 Å². The molecule has 0 aliphatic rings. The van der Waals surface area contributed by atoms with E-state index in [1.54, 1.807) is 56.3 Å². The third kappa shape index (κ3) is 7.83. The summed E-state index contributed by atoms with van der Waals surface area (Å²) in [6.45, 7) is 7.46. The lowest BCUT2D eigenvalue weighted by Gasteiger charge is -2.32. The van der Waals surface area contributed by atoms with Crippen LogP contribution in [0.25, 0.3) is 0 Å². The first kappa shape index (κ1) is 30.2. The molecule has 0 radical (unpaired) electrons. The Morgan fingerprint density at radius 1 is 0.974 bits per heavy atom. The van der Waals surface area contributed by atoms with Gasteiger partial charge in [-0.2, -0.15) is 0 Å². The fraction of sp³-hybridized carbons (Fsp3) is 0.333. The highest BCUT2D eigenvalue weighted by Gasteiger charge is 2.33. The Kier molecular flexibility index (Phi) is 10.5. The van der Waals surface area contributed by atoms with Gasteiger partial charge >= 0.3 is 0 Å². The molecule has 0 fully saturated rings. The predicted molar refractivity (Wildman–Crippen MR) is 156 cm³/mol. The van der Waals surface area contributed by atoms with Gasteiger partial charge in [0.2, 0.25) is 11.8 Å². The number of carbonyl (C=O) groups excluding carboxylic acids is 2. The summed E-state index contributed by atoms with van der Waals surface area (Å²) in [5.41, 5.74) is 2.71. The first-order valence-electron chi connectivity index (χ1n) is 13.0. The maximum atomic E-state index is 14.0. The van der Waals surface area contributed by atoms with E-state index in [9.17, 15) is 18.0 Å². The molecule has 0 aromatic heterocycles. The van der Waals surface area contributed by atoms with Gasteiger partial charge in [-0.05, 0) is 74.2 Å². The van der Waals surface area contributed by atoms with Gasteiger partial charge in [0.1, 0.15) is 12.6 Å². The molecule has 0 spiro atoms. The number of carbonyl (C=O) groups is 2. The zero-order valence-corrected chi connectivity index (χ0v) is 24.4. The molecule has 3 aromatic rings. The standard InChI is InChI=1S/C30H36ClN3O4S/c1-5-6-17-32-30(36)24(4)33(20-25-11-10-12-26(31)19-25)29(35)21-34(28-18-22(2)15-16-23(28)3)39(37,38)27-13-8-7-9-14-27/h7-16,18-19,24H,5-6,17,20-21H2,1-4H3,(H,32,36)/t24-/m0/s1. The van der Waals surface area contributed by atoms with Crippen molar-refractivity contribution in [2.24, 2.45) is 0 Å². The molecule has 0 heterocycles. The van der Waals surface area contributed by atoms with Crippen molar-refractivity contribution >= 4 is 39.1 Å². The Balaban J connectivity index is 2.03. The summed E-state index contributed by atoms with van der Waals surface area (Å²) in [5, 5.41) is 3.39. The quantitative estimate of drug-likeness (QED) is 0.292. The first-order chi connectivity index (χ1) is 18.5. The molecule has 7 nitrogen and oxygen atoms in total. The van der Waals surface area contributed by atoms with Gasteiger partial charge in [-0.15, -0.1) is 0 Å². The van der Waals surface area contributed by atoms with Crippen LogP contribution in [0.3, 0.4) is 0 Å².